The summed E-state index contributed by atoms with van der Waals surface area (Å²) in [7, 11) is 1.34. The van der Waals surface area contributed by atoms with Gasteiger partial charge in [-0.2, -0.15) is 0 Å². The van der Waals surface area contributed by atoms with E-state index in [1.165, 1.54) is 32.8 Å². The maximum absolute atomic E-state index is 11.5. The van der Waals surface area contributed by atoms with Crippen molar-refractivity contribution in [2.75, 3.05) is 24.7 Å². The van der Waals surface area contributed by atoms with Crippen LogP contribution < -0.4 is 11.1 Å². The van der Waals surface area contributed by atoms with Crippen LogP contribution in [0, 0.1) is 11.8 Å². The Kier molecular flexibility index (Phi) is 4.82. The lowest BCUT2D eigenvalue weighted by Gasteiger charge is -2.26. The Hall–Kier alpha value is -1.78. The Bertz CT molecular complexity index is 468. The Labute approximate surface area is 119 Å². The summed E-state index contributed by atoms with van der Waals surface area (Å²) >= 11 is 0. The molecule has 0 aliphatic heterocycles. The molecule has 1 aromatic rings. The standard InChI is InChI=1S/C15H23N3O2/c1-10-3-5-11(6-4-10)9-17-14-12(16)7-8-13(18-14)15(19)20-2/h7-8,10-11H,3-6,9,16H2,1-2H3,(H,17,18). The van der Waals surface area contributed by atoms with Crippen LogP contribution in [0.5, 0.6) is 0 Å². The molecule has 0 bridgehead atoms. The largest absolute Gasteiger partial charge is 0.464 e. The molecule has 1 heterocycles. The molecule has 0 atom stereocenters. The Morgan fingerprint density at radius 2 is 2.10 bits per heavy atom. The number of hydrogen-bond donors (Lipinski definition) is 2. The van der Waals surface area contributed by atoms with Crippen LogP contribution in [0.25, 0.3) is 0 Å². The van der Waals surface area contributed by atoms with Crippen LogP contribution in [0.15, 0.2) is 12.1 Å². The molecule has 0 radical (unpaired) electrons. The number of nitrogens with two attached hydrogens (primary N) is 1. The number of nitrogens with zero attached hydrogens (tertiary/aromatic N) is 1. The number of hydrogen-bond acceptors (Lipinski definition) is 5. The predicted molar refractivity (Wildman–Crippen MR) is 79.6 cm³/mol. The first kappa shape index (κ1) is 14.6. The van der Waals surface area contributed by atoms with E-state index in [0.717, 1.165) is 12.5 Å². The molecule has 1 aromatic heterocycles. The molecule has 3 N–H and O–H groups in total. The summed E-state index contributed by atoms with van der Waals surface area (Å²) in [5, 5.41) is 3.27. The topological polar surface area (TPSA) is 77.2 Å². The molecule has 0 unspecified atom stereocenters. The lowest BCUT2D eigenvalue weighted by molar-refractivity contribution is 0.0594. The number of nitrogen functional groups attached to an aromatic ring is 1. The molecule has 1 aliphatic carbocycles. The maximum Gasteiger partial charge on any atom is 0.356 e. The third-order valence-electron chi connectivity index (χ3n) is 4.01. The summed E-state index contributed by atoms with van der Waals surface area (Å²) in [5.41, 5.74) is 6.73. The molecule has 20 heavy (non-hydrogen) atoms. The van der Waals surface area contributed by atoms with Crippen LogP contribution in [0.4, 0.5) is 11.5 Å². The fourth-order valence-corrected chi connectivity index (χ4v) is 2.60. The molecule has 0 spiro atoms. The monoisotopic (exact) mass is 277 g/mol. The van der Waals surface area contributed by atoms with E-state index in [0.29, 0.717) is 17.4 Å². The van der Waals surface area contributed by atoms with Crippen LogP contribution in [0.3, 0.4) is 0 Å². The van der Waals surface area contributed by atoms with E-state index in [-0.39, 0.29) is 5.69 Å². The van der Waals surface area contributed by atoms with Crippen molar-refractivity contribution >= 4 is 17.5 Å². The first-order chi connectivity index (χ1) is 9.60. The minimum Gasteiger partial charge on any atom is -0.464 e. The van der Waals surface area contributed by atoms with Crippen molar-refractivity contribution in [1.29, 1.82) is 0 Å². The van der Waals surface area contributed by atoms with Gasteiger partial charge in [0.25, 0.3) is 0 Å². The van der Waals surface area contributed by atoms with E-state index in [1.54, 1.807) is 12.1 Å². The average molecular weight is 277 g/mol. The number of carbonyl (C=O) groups is 1. The number of anilines is 2. The number of carbonyl (C=O) groups excluding carboxylic acids is 1. The average Bonchev–Trinajstić information content (AvgIpc) is 2.47. The van der Waals surface area contributed by atoms with Gasteiger partial charge < -0.3 is 15.8 Å². The molecular weight excluding hydrogens is 254 g/mol. The number of methoxy groups -OCH3 is 1. The van der Waals surface area contributed by atoms with Gasteiger partial charge in [0, 0.05) is 6.54 Å². The van der Waals surface area contributed by atoms with Crippen LogP contribution in [-0.2, 0) is 4.74 Å². The van der Waals surface area contributed by atoms with Gasteiger partial charge in [-0.15, -0.1) is 0 Å². The zero-order valence-electron chi connectivity index (χ0n) is 12.2. The van der Waals surface area contributed by atoms with Crippen molar-refractivity contribution < 1.29 is 9.53 Å². The van der Waals surface area contributed by atoms with Gasteiger partial charge in [-0.1, -0.05) is 19.8 Å². The highest BCUT2D eigenvalue weighted by Crippen LogP contribution is 2.28. The first-order valence-corrected chi connectivity index (χ1v) is 7.19. The van der Waals surface area contributed by atoms with Crippen LogP contribution >= 0.6 is 0 Å². The van der Waals surface area contributed by atoms with Crippen LogP contribution in [0.1, 0.15) is 43.1 Å². The summed E-state index contributed by atoms with van der Waals surface area (Å²) in [4.78, 5) is 15.7. The Balaban J connectivity index is 1.96. The van der Waals surface area contributed by atoms with E-state index < -0.39 is 5.97 Å². The minimum absolute atomic E-state index is 0.279. The van der Waals surface area contributed by atoms with Gasteiger partial charge in [-0.3, -0.25) is 0 Å². The highest BCUT2D eigenvalue weighted by Gasteiger charge is 2.18. The molecule has 1 saturated carbocycles. The van der Waals surface area contributed by atoms with E-state index in [4.69, 9.17) is 5.73 Å². The molecule has 2 rings (SSSR count). The van der Waals surface area contributed by atoms with Gasteiger partial charge in [0.1, 0.15) is 5.82 Å². The molecule has 110 valence electrons. The number of nitrogens with one attached hydrogen (secondary N) is 1. The second-order valence-electron chi connectivity index (χ2n) is 5.63. The number of aromatic nitrogens is 1. The molecule has 1 aliphatic rings. The molecule has 0 amide bonds. The van der Waals surface area contributed by atoms with Crippen molar-refractivity contribution in [2.24, 2.45) is 11.8 Å². The molecule has 5 heteroatoms. The summed E-state index contributed by atoms with van der Waals surface area (Å²) in [6, 6.07) is 3.26. The van der Waals surface area contributed by atoms with Gasteiger partial charge >= 0.3 is 5.97 Å². The molecule has 0 saturated heterocycles. The van der Waals surface area contributed by atoms with Crippen molar-refractivity contribution in [2.45, 2.75) is 32.6 Å². The highest BCUT2D eigenvalue weighted by atomic mass is 16.5. The van der Waals surface area contributed by atoms with E-state index in [2.05, 4.69) is 22.0 Å². The zero-order chi connectivity index (χ0) is 14.5. The molecular formula is C15H23N3O2. The molecule has 5 nitrogen and oxygen atoms in total. The second-order valence-corrected chi connectivity index (χ2v) is 5.63. The third-order valence-corrected chi connectivity index (χ3v) is 4.01. The van der Waals surface area contributed by atoms with Gasteiger partial charge in [-0.05, 0) is 36.8 Å². The Morgan fingerprint density at radius 3 is 2.75 bits per heavy atom. The van der Waals surface area contributed by atoms with Crippen LogP contribution in [0.2, 0.25) is 0 Å². The summed E-state index contributed by atoms with van der Waals surface area (Å²) in [6.45, 7) is 3.16. The smallest absolute Gasteiger partial charge is 0.356 e. The highest BCUT2D eigenvalue weighted by molar-refractivity contribution is 5.88. The van der Waals surface area contributed by atoms with Gasteiger partial charge in [0.05, 0.1) is 12.8 Å². The van der Waals surface area contributed by atoms with E-state index in [1.807, 2.05) is 0 Å². The van der Waals surface area contributed by atoms with Crippen molar-refractivity contribution in [3.8, 4) is 0 Å². The van der Waals surface area contributed by atoms with Crippen molar-refractivity contribution in [3.63, 3.8) is 0 Å². The SMILES string of the molecule is COC(=O)c1ccc(N)c(NCC2CCC(C)CC2)n1. The molecule has 0 aromatic carbocycles. The molecule has 1 fully saturated rings. The van der Waals surface area contributed by atoms with Gasteiger partial charge in [0.2, 0.25) is 0 Å². The fourth-order valence-electron chi connectivity index (χ4n) is 2.60. The first-order valence-electron chi connectivity index (χ1n) is 7.19. The number of rotatable bonds is 4. The lowest BCUT2D eigenvalue weighted by atomic mass is 9.83. The van der Waals surface area contributed by atoms with E-state index in [9.17, 15) is 4.79 Å². The van der Waals surface area contributed by atoms with Gasteiger partial charge in [-0.25, -0.2) is 9.78 Å². The van der Waals surface area contributed by atoms with Crippen LogP contribution in [-0.4, -0.2) is 24.6 Å². The summed E-state index contributed by atoms with van der Waals surface area (Å²) in [5.74, 6) is 1.64. The third kappa shape index (κ3) is 3.62. The number of esters is 1. The summed E-state index contributed by atoms with van der Waals surface area (Å²) < 4.78 is 4.67. The predicted octanol–water partition coefficient (Wildman–Crippen LogP) is 2.69. The second kappa shape index (κ2) is 6.59. The van der Waals surface area contributed by atoms with Crippen molar-refractivity contribution in [1.82, 2.24) is 4.98 Å². The quantitative estimate of drug-likeness (QED) is 0.827. The van der Waals surface area contributed by atoms with E-state index >= 15 is 0 Å². The number of pyridine rings is 1. The lowest BCUT2D eigenvalue weighted by Crippen LogP contribution is -2.21. The normalized spacial score (nSPS) is 22.3. The Morgan fingerprint density at radius 1 is 1.40 bits per heavy atom. The minimum atomic E-state index is -0.445. The maximum atomic E-state index is 11.5. The fraction of sp³-hybridized carbons (Fsp3) is 0.600. The number of ether oxygens (including phenoxy) is 1. The summed E-state index contributed by atoms with van der Waals surface area (Å²) in [6.07, 6.45) is 5.06. The zero-order valence-corrected chi connectivity index (χ0v) is 12.2. The van der Waals surface area contributed by atoms with Gasteiger partial charge in [0.15, 0.2) is 5.69 Å². The van der Waals surface area contributed by atoms with Crippen molar-refractivity contribution in [3.05, 3.63) is 17.8 Å².